The maximum absolute atomic E-state index is 11.8. The highest BCUT2D eigenvalue weighted by molar-refractivity contribution is 8.16. The number of methoxy groups -OCH3 is 1. The lowest BCUT2D eigenvalue weighted by Gasteiger charge is -2.22. The lowest BCUT2D eigenvalue weighted by atomic mass is 9.99. The highest BCUT2D eigenvalue weighted by Gasteiger charge is 2.21. The molecule has 1 aliphatic rings. The number of hydrogen-bond acceptors (Lipinski definition) is 4. The molecule has 1 heterocycles. The second-order valence-electron chi connectivity index (χ2n) is 4.71. The molecule has 1 atom stereocenters. The Labute approximate surface area is 125 Å². The van der Waals surface area contributed by atoms with Crippen LogP contribution in [0.15, 0.2) is 39.4 Å². The van der Waals surface area contributed by atoms with E-state index in [1.807, 2.05) is 19.9 Å². The molecule has 1 aliphatic heterocycles. The van der Waals surface area contributed by atoms with Crippen LogP contribution in [0.5, 0.6) is 0 Å². The van der Waals surface area contributed by atoms with Gasteiger partial charge in [0, 0.05) is 5.92 Å². The van der Waals surface area contributed by atoms with Gasteiger partial charge in [-0.2, -0.15) is 0 Å². The van der Waals surface area contributed by atoms with Crippen molar-refractivity contribution >= 4 is 22.8 Å². The SMILES string of the molecule is CC=C(N=C1SC=C(C)CC1CC)C(=CC)C(=O)OC. The summed E-state index contributed by atoms with van der Waals surface area (Å²) in [5, 5.41) is 3.22. The minimum Gasteiger partial charge on any atom is -0.465 e. The fourth-order valence-electron chi connectivity index (χ4n) is 2.10. The van der Waals surface area contributed by atoms with Crippen LogP contribution in [0.3, 0.4) is 0 Å². The van der Waals surface area contributed by atoms with Gasteiger partial charge in [0.15, 0.2) is 0 Å². The van der Waals surface area contributed by atoms with E-state index in [0.29, 0.717) is 17.2 Å². The molecule has 0 spiro atoms. The van der Waals surface area contributed by atoms with E-state index in [4.69, 9.17) is 9.73 Å². The van der Waals surface area contributed by atoms with E-state index in [-0.39, 0.29) is 5.97 Å². The van der Waals surface area contributed by atoms with Gasteiger partial charge in [-0.15, -0.1) is 0 Å². The van der Waals surface area contributed by atoms with Crippen LogP contribution in [0.1, 0.15) is 40.5 Å². The first-order valence-corrected chi connectivity index (χ1v) is 7.77. The molecule has 0 radical (unpaired) electrons. The van der Waals surface area contributed by atoms with Gasteiger partial charge >= 0.3 is 5.97 Å². The minimum absolute atomic E-state index is 0.342. The summed E-state index contributed by atoms with van der Waals surface area (Å²) >= 11 is 1.66. The molecule has 20 heavy (non-hydrogen) atoms. The van der Waals surface area contributed by atoms with E-state index in [2.05, 4.69) is 19.3 Å². The van der Waals surface area contributed by atoms with Gasteiger partial charge in [0.05, 0.1) is 23.4 Å². The maximum Gasteiger partial charge on any atom is 0.339 e. The third kappa shape index (κ3) is 4.10. The average Bonchev–Trinajstić information content (AvgIpc) is 2.47. The first kappa shape index (κ1) is 16.8. The number of aliphatic imine (C=N–C) groups is 1. The molecule has 4 heteroatoms. The maximum atomic E-state index is 11.8. The van der Waals surface area contributed by atoms with E-state index in [1.165, 1.54) is 12.7 Å². The van der Waals surface area contributed by atoms with Crippen LogP contribution in [-0.2, 0) is 9.53 Å². The largest absolute Gasteiger partial charge is 0.465 e. The van der Waals surface area contributed by atoms with Crippen LogP contribution < -0.4 is 0 Å². The third-order valence-corrected chi connectivity index (χ3v) is 4.45. The van der Waals surface area contributed by atoms with E-state index in [0.717, 1.165) is 17.9 Å². The Morgan fingerprint density at radius 1 is 1.50 bits per heavy atom. The smallest absolute Gasteiger partial charge is 0.339 e. The summed E-state index contributed by atoms with van der Waals surface area (Å²) in [6.07, 6.45) is 5.71. The fourth-order valence-corrected chi connectivity index (χ4v) is 3.11. The molecule has 1 unspecified atom stereocenters. The Bertz CT molecular complexity index is 487. The topological polar surface area (TPSA) is 38.7 Å². The predicted octanol–water partition coefficient (Wildman–Crippen LogP) is 4.47. The molecule has 0 aromatic heterocycles. The average molecular weight is 293 g/mol. The molecule has 0 N–H and O–H groups in total. The first-order valence-electron chi connectivity index (χ1n) is 6.89. The minimum atomic E-state index is -0.342. The van der Waals surface area contributed by atoms with Gasteiger partial charge in [0.2, 0.25) is 0 Å². The molecule has 0 bridgehead atoms. The number of nitrogens with zero attached hydrogens (tertiary/aromatic N) is 1. The molecular formula is C16H23NO2S. The van der Waals surface area contributed by atoms with Crippen LogP contribution in [0, 0.1) is 5.92 Å². The van der Waals surface area contributed by atoms with Crippen molar-refractivity contribution in [2.24, 2.45) is 10.9 Å². The molecule has 1 rings (SSSR count). The van der Waals surface area contributed by atoms with Crippen molar-refractivity contribution in [2.75, 3.05) is 7.11 Å². The first-order chi connectivity index (χ1) is 9.57. The summed E-state index contributed by atoms with van der Waals surface area (Å²) in [5.41, 5.74) is 2.60. The Hall–Kier alpha value is -1.29. The van der Waals surface area contributed by atoms with E-state index in [9.17, 15) is 4.79 Å². The van der Waals surface area contributed by atoms with Gasteiger partial charge in [-0.3, -0.25) is 0 Å². The number of carbonyl (C=O) groups is 1. The Morgan fingerprint density at radius 3 is 2.70 bits per heavy atom. The van der Waals surface area contributed by atoms with Crippen molar-refractivity contribution in [1.82, 2.24) is 0 Å². The van der Waals surface area contributed by atoms with Crippen LogP contribution >= 0.6 is 11.8 Å². The van der Waals surface area contributed by atoms with Gasteiger partial charge in [0.1, 0.15) is 0 Å². The van der Waals surface area contributed by atoms with Crippen molar-refractivity contribution < 1.29 is 9.53 Å². The van der Waals surface area contributed by atoms with Crippen LogP contribution in [0.4, 0.5) is 0 Å². The van der Waals surface area contributed by atoms with Crippen LogP contribution in [0.2, 0.25) is 0 Å². The zero-order valence-electron chi connectivity index (χ0n) is 12.9. The van der Waals surface area contributed by atoms with Gasteiger partial charge < -0.3 is 4.74 Å². The highest BCUT2D eigenvalue weighted by atomic mass is 32.2. The van der Waals surface area contributed by atoms with Crippen molar-refractivity contribution in [3.63, 3.8) is 0 Å². The third-order valence-electron chi connectivity index (χ3n) is 3.27. The second kappa shape index (κ2) is 8.10. The summed E-state index contributed by atoms with van der Waals surface area (Å²) < 4.78 is 4.81. The van der Waals surface area contributed by atoms with Gasteiger partial charge in [-0.1, -0.05) is 36.4 Å². The molecule has 0 aliphatic carbocycles. The van der Waals surface area contributed by atoms with E-state index in [1.54, 1.807) is 17.8 Å². The van der Waals surface area contributed by atoms with Crippen LogP contribution in [-0.4, -0.2) is 18.1 Å². The quantitative estimate of drug-likeness (QED) is 0.436. The van der Waals surface area contributed by atoms with Gasteiger partial charge in [-0.25, -0.2) is 9.79 Å². The highest BCUT2D eigenvalue weighted by Crippen LogP contribution is 2.32. The summed E-state index contributed by atoms with van der Waals surface area (Å²) in [5.74, 6) is 0.0984. The monoisotopic (exact) mass is 293 g/mol. The second-order valence-corrected chi connectivity index (χ2v) is 5.60. The van der Waals surface area contributed by atoms with Crippen molar-refractivity contribution in [3.8, 4) is 0 Å². The van der Waals surface area contributed by atoms with E-state index < -0.39 is 0 Å². The van der Waals surface area contributed by atoms with Gasteiger partial charge in [0.25, 0.3) is 0 Å². The summed E-state index contributed by atoms with van der Waals surface area (Å²) in [6.45, 7) is 8.03. The molecule has 3 nitrogen and oxygen atoms in total. The van der Waals surface area contributed by atoms with E-state index >= 15 is 0 Å². The molecule has 110 valence electrons. The van der Waals surface area contributed by atoms with Crippen molar-refractivity contribution in [3.05, 3.63) is 34.4 Å². The number of hydrogen-bond donors (Lipinski definition) is 0. The zero-order valence-corrected chi connectivity index (χ0v) is 13.7. The number of rotatable bonds is 4. The molecule has 0 fully saturated rings. The molecule has 0 saturated carbocycles. The Morgan fingerprint density at radius 2 is 2.20 bits per heavy atom. The Kier molecular flexibility index (Phi) is 6.79. The number of allylic oxidation sites excluding steroid dienone is 3. The van der Waals surface area contributed by atoms with Gasteiger partial charge in [-0.05, 0) is 39.0 Å². The fraction of sp³-hybridized carbons (Fsp3) is 0.500. The number of thioether (sulfide) groups is 1. The summed E-state index contributed by atoms with van der Waals surface area (Å²) in [7, 11) is 1.39. The normalized spacial score (nSPS) is 22.8. The van der Waals surface area contributed by atoms with Crippen molar-refractivity contribution in [1.29, 1.82) is 0 Å². The molecule has 0 aromatic rings. The molecule has 0 saturated heterocycles. The molecular weight excluding hydrogens is 270 g/mol. The lowest BCUT2D eigenvalue weighted by molar-refractivity contribution is -0.135. The van der Waals surface area contributed by atoms with Crippen molar-refractivity contribution in [2.45, 2.75) is 40.5 Å². The standard InChI is InChI=1S/C16H23NO2S/c1-6-12-9-11(4)10-20-15(12)17-14(8-3)13(7-2)16(18)19-5/h7-8,10,12H,6,9H2,1-5H3. The number of ether oxygens (including phenoxy) is 1. The Balaban J connectivity index is 3.08. The van der Waals surface area contributed by atoms with Crippen LogP contribution in [0.25, 0.3) is 0 Å². The molecule has 0 amide bonds. The zero-order chi connectivity index (χ0) is 15.1. The predicted molar refractivity (Wildman–Crippen MR) is 86.7 cm³/mol. The molecule has 0 aromatic carbocycles. The number of carbonyl (C=O) groups excluding carboxylic acids is 1. The lowest BCUT2D eigenvalue weighted by Crippen LogP contribution is -2.15. The summed E-state index contributed by atoms with van der Waals surface area (Å²) in [6, 6.07) is 0. The number of esters is 1. The summed E-state index contributed by atoms with van der Waals surface area (Å²) in [4.78, 5) is 16.5.